The second-order valence-electron chi connectivity index (χ2n) is 5.76. The minimum Gasteiger partial charge on any atom is -0.308 e. The summed E-state index contributed by atoms with van der Waals surface area (Å²) in [6.07, 6.45) is 0.0571. The lowest BCUT2D eigenvalue weighted by atomic mass is 9.98. The Kier molecular flexibility index (Phi) is 4.89. The molecule has 5 nitrogen and oxygen atoms in total. The van der Waals surface area contributed by atoms with Crippen molar-refractivity contribution in [2.24, 2.45) is 4.99 Å². The molecule has 0 bridgehead atoms. The van der Waals surface area contributed by atoms with Crippen LogP contribution in [0.2, 0.25) is 5.02 Å². The van der Waals surface area contributed by atoms with Gasteiger partial charge in [0, 0.05) is 17.1 Å². The maximum atomic E-state index is 12.6. The van der Waals surface area contributed by atoms with Crippen LogP contribution >= 0.6 is 22.9 Å². The summed E-state index contributed by atoms with van der Waals surface area (Å²) in [6, 6.07) is 7.17. The van der Waals surface area contributed by atoms with Crippen LogP contribution in [0.3, 0.4) is 0 Å². The minimum atomic E-state index is -0.236. The largest absolute Gasteiger partial charge is 0.308 e. The van der Waals surface area contributed by atoms with Crippen LogP contribution in [0.25, 0.3) is 10.6 Å². The first-order valence-electron chi connectivity index (χ1n) is 7.48. The van der Waals surface area contributed by atoms with Crippen molar-refractivity contribution in [1.29, 1.82) is 0 Å². The Morgan fingerprint density at radius 3 is 2.62 bits per heavy atom. The number of hydrogen-bond donors (Lipinski definition) is 0. The first kappa shape index (κ1) is 17.0. The predicted molar refractivity (Wildman–Crippen MR) is 96.7 cm³/mol. The molecule has 0 unspecified atom stereocenters. The lowest BCUT2D eigenvalue weighted by Crippen LogP contribution is -2.27. The zero-order valence-corrected chi connectivity index (χ0v) is 14.9. The maximum absolute atomic E-state index is 12.6. The zero-order valence-electron chi connectivity index (χ0n) is 13.4. The monoisotopic (exact) mass is 361 g/mol. The summed E-state index contributed by atoms with van der Waals surface area (Å²) in [5, 5.41) is 1.27. The van der Waals surface area contributed by atoms with Crippen molar-refractivity contribution in [2.75, 3.05) is 27.2 Å². The molecule has 0 aliphatic heterocycles. The average molecular weight is 362 g/mol. The van der Waals surface area contributed by atoms with Crippen molar-refractivity contribution in [1.82, 2.24) is 9.88 Å². The number of fused-ring (bicyclic) bond motifs is 1. The van der Waals surface area contributed by atoms with Gasteiger partial charge in [0.1, 0.15) is 15.6 Å². The van der Waals surface area contributed by atoms with E-state index in [2.05, 4.69) is 9.98 Å². The van der Waals surface area contributed by atoms with E-state index in [4.69, 9.17) is 11.6 Å². The molecule has 0 spiro atoms. The fourth-order valence-electron chi connectivity index (χ4n) is 2.34. The molecule has 0 saturated heterocycles. The van der Waals surface area contributed by atoms with Gasteiger partial charge < -0.3 is 4.90 Å². The van der Waals surface area contributed by atoms with E-state index in [0.29, 0.717) is 27.2 Å². The van der Waals surface area contributed by atoms with E-state index < -0.39 is 0 Å². The molecule has 0 amide bonds. The number of nitrogens with zero attached hydrogens (tertiary/aromatic N) is 3. The van der Waals surface area contributed by atoms with Crippen molar-refractivity contribution in [3.05, 3.63) is 39.9 Å². The number of likely N-dealkylation sites (N-methyl/N-ethyl adjacent to an activating group) is 1. The number of aromatic nitrogens is 1. The normalized spacial score (nSPS) is 16.1. The fraction of sp³-hybridized carbons (Fsp3) is 0.294. The van der Waals surface area contributed by atoms with Crippen LogP contribution in [-0.2, 0) is 0 Å². The molecule has 2 aromatic rings. The molecule has 0 radical (unpaired) electrons. The van der Waals surface area contributed by atoms with Crippen molar-refractivity contribution in [2.45, 2.75) is 6.42 Å². The Bertz CT molecular complexity index is 825. The molecule has 1 aromatic heterocycles. The molecule has 0 atom stereocenters. The standard InChI is InChI=1S/C17H16ClN3O2S/c1-21(2)8-7-19-12-9-13(22)16-14(15(12)23)20-17(24-16)10-3-5-11(18)6-4-10/h3-6H,7-9H2,1-2H3. The average Bonchev–Trinajstić information content (AvgIpc) is 2.98. The first-order valence-corrected chi connectivity index (χ1v) is 8.68. The number of hydrogen-bond acceptors (Lipinski definition) is 6. The summed E-state index contributed by atoms with van der Waals surface area (Å²) in [4.78, 5) is 36.0. The summed E-state index contributed by atoms with van der Waals surface area (Å²) < 4.78 is 0. The summed E-state index contributed by atoms with van der Waals surface area (Å²) in [6.45, 7) is 1.22. The molecular formula is C17H16ClN3O2S. The van der Waals surface area contributed by atoms with E-state index in [0.717, 1.165) is 12.1 Å². The first-order chi connectivity index (χ1) is 11.5. The highest BCUT2D eigenvalue weighted by Gasteiger charge is 2.33. The topological polar surface area (TPSA) is 62.6 Å². The molecule has 1 heterocycles. The smallest absolute Gasteiger partial charge is 0.227 e. The van der Waals surface area contributed by atoms with Crippen LogP contribution in [0.5, 0.6) is 0 Å². The molecule has 0 fully saturated rings. The zero-order chi connectivity index (χ0) is 17.3. The summed E-state index contributed by atoms with van der Waals surface area (Å²) >= 11 is 7.14. The lowest BCUT2D eigenvalue weighted by Gasteiger charge is -2.11. The van der Waals surface area contributed by atoms with E-state index in [-0.39, 0.29) is 23.7 Å². The molecule has 0 N–H and O–H groups in total. The number of rotatable bonds is 4. The van der Waals surface area contributed by atoms with Gasteiger partial charge in [0.2, 0.25) is 5.78 Å². The van der Waals surface area contributed by atoms with Gasteiger partial charge in [-0.3, -0.25) is 14.6 Å². The van der Waals surface area contributed by atoms with Crippen LogP contribution in [-0.4, -0.2) is 54.3 Å². The number of carbonyl (C=O) groups is 2. The molecule has 1 aliphatic carbocycles. The number of thiazole rings is 1. The molecule has 24 heavy (non-hydrogen) atoms. The quantitative estimate of drug-likeness (QED) is 0.838. The Hall–Kier alpha value is -1.89. The van der Waals surface area contributed by atoms with Gasteiger partial charge in [-0.25, -0.2) is 4.98 Å². The number of ketones is 2. The van der Waals surface area contributed by atoms with E-state index in [1.54, 1.807) is 12.1 Å². The van der Waals surface area contributed by atoms with Gasteiger partial charge in [0.25, 0.3) is 0 Å². The molecule has 1 aliphatic rings. The van der Waals surface area contributed by atoms with E-state index in [1.165, 1.54) is 11.3 Å². The van der Waals surface area contributed by atoms with Crippen LogP contribution < -0.4 is 0 Å². The van der Waals surface area contributed by atoms with Gasteiger partial charge >= 0.3 is 0 Å². The lowest BCUT2D eigenvalue weighted by molar-refractivity contribution is 0.0966. The number of carbonyl (C=O) groups excluding carboxylic acids is 2. The van der Waals surface area contributed by atoms with Crippen LogP contribution in [0, 0.1) is 0 Å². The summed E-state index contributed by atoms with van der Waals surface area (Å²) in [5.41, 5.74) is 1.37. The Morgan fingerprint density at radius 1 is 1.25 bits per heavy atom. The Balaban J connectivity index is 1.91. The number of Topliss-reactive ketones (excluding diaryl/α,β-unsaturated/α-hetero) is 2. The second kappa shape index (κ2) is 6.93. The summed E-state index contributed by atoms with van der Waals surface area (Å²) in [5.74, 6) is -0.328. The number of halogens is 1. The molecular weight excluding hydrogens is 346 g/mol. The number of aliphatic imine (C=N–C) groups is 1. The molecule has 3 rings (SSSR count). The SMILES string of the molecule is CN(C)CCN=C1CC(=O)c2sc(-c3ccc(Cl)cc3)nc2C1=O. The fourth-order valence-corrected chi connectivity index (χ4v) is 3.47. The predicted octanol–water partition coefficient (Wildman–Crippen LogP) is 3.24. The van der Waals surface area contributed by atoms with Crippen LogP contribution in [0.15, 0.2) is 29.3 Å². The third-order valence-corrected chi connectivity index (χ3v) is 5.02. The van der Waals surface area contributed by atoms with Gasteiger partial charge in [-0.15, -0.1) is 11.3 Å². The van der Waals surface area contributed by atoms with Crippen molar-refractivity contribution < 1.29 is 9.59 Å². The highest BCUT2D eigenvalue weighted by Crippen LogP contribution is 2.32. The van der Waals surface area contributed by atoms with E-state index in [9.17, 15) is 9.59 Å². The van der Waals surface area contributed by atoms with E-state index >= 15 is 0 Å². The van der Waals surface area contributed by atoms with Crippen molar-refractivity contribution >= 4 is 40.2 Å². The van der Waals surface area contributed by atoms with Gasteiger partial charge in [-0.05, 0) is 26.2 Å². The molecule has 124 valence electrons. The third-order valence-electron chi connectivity index (χ3n) is 3.63. The third kappa shape index (κ3) is 3.45. The van der Waals surface area contributed by atoms with Crippen molar-refractivity contribution in [3.63, 3.8) is 0 Å². The Morgan fingerprint density at radius 2 is 1.96 bits per heavy atom. The highest BCUT2D eigenvalue weighted by atomic mass is 35.5. The van der Waals surface area contributed by atoms with Gasteiger partial charge in [-0.2, -0.15) is 0 Å². The van der Waals surface area contributed by atoms with Crippen LogP contribution in [0.4, 0.5) is 0 Å². The van der Waals surface area contributed by atoms with E-state index in [1.807, 2.05) is 31.1 Å². The van der Waals surface area contributed by atoms with Gasteiger partial charge in [0.05, 0.1) is 18.7 Å². The van der Waals surface area contributed by atoms with Crippen LogP contribution in [0.1, 0.15) is 26.6 Å². The summed E-state index contributed by atoms with van der Waals surface area (Å²) in [7, 11) is 3.87. The maximum Gasteiger partial charge on any atom is 0.227 e. The number of benzene rings is 1. The second-order valence-corrected chi connectivity index (χ2v) is 7.20. The van der Waals surface area contributed by atoms with Gasteiger partial charge in [-0.1, -0.05) is 23.7 Å². The highest BCUT2D eigenvalue weighted by molar-refractivity contribution is 7.17. The Labute approximate surface area is 149 Å². The molecule has 1 aromatic carbocycles. The molecule has 0 saturated carbocycles. The van der Waals surface area contributed by atoms with Crippen molar-refractivity contribution in [3.8, 4) is 10.6 Å². The van der Waals surface area contributed by atoms with Gasteiger partial charge in [0.15, 0.2) is 5.78 Å². The minimum absolute atomic E-state index is 0.0571. The molecule has 7 heteroatoms.